The van der Waals surface area contributed by atoms with Crippen LogP contribution in [0.15, 0.2) is 6.07 Å². The summed E-state index contributed by atoms with van der Waals surface area (Å²) in [4.78, 5) is 19.0. The molecule has 3 heterocycles. The molecule has 0 spiro atoms. The number of amides is 1. The van der Waals surface area contributed by atoms with E-state index >= 15 is 0 Å². The Morgan fingerprint density at radius 2 is 2.23 bits per heavy atom. The average molecular weight is 304 g/mol. The van der Waals surface area contributed by atoms with E-state index in [2.05, 4.69) is 10.1 Å². The second-order valence-corrected chi connectivity index (χ2v) is 5.70. The minimum Gasteiger partial charge on any atom is -0.389 e. The highest BCUT2D eigenvalue weighted by Gasteiger charge is 2.25. The predicted molar refractivity (Wildman–Crippen MR) is 80.7 cm³/mol. The summed E-state index contributed by atoms with van der Waals surface area (Å²) in [7, 11) is 1.82. The first-order chi connectivity index (χ1) is 10.5. The van der Waals surface area contributed by atoms with Crippen LogP contribution < -0.4 is 0 Å². The zero-order chi connectivity index (χ0) is 15.9. The van der Waals surface area contributed by atoms with Gasteiger partial charge in [0.1, 0.15) is 0 Å². The van der Waals surface area contributed by atoms with Gasteiger partial charge in [0, 0.05) is 25.8 Å². The minimum atomic E-state index is -0.653. The Labute approximate surface area is 128 Å². The van der Waals surface area contributed by atoms with Crippen molar-refractivity contribution < 1.29 is 14.6 Å². The maximum Gasteiger partial charge on any atom is 0.254 e. The van der Waals surface area contributed by atoms with Crippen LogP contribution in [0, 0.1) is 13.8 Å². The van der Waals surface area contributed by atoms with Crippen LogP contribution in [0.1, 0.15) is 21.7 Å². The first-order valence-corrected chi connectivity index (χ1v) is 7.33. The summed E-state index contributed by atoms with van der Waals surface area (Å²) >= 11 is 0. The number of hydrogen-bond donors (Lipinski definition) is 1. The van der Waals surface area contributed by atoms with Crippen molar-refractivity contribution >= 4 is 16.9 Å². The SMILES string of the molecule is Cc1cc(C(=O)N2CCOC[C@H](O)C2)c2c(C)nn(C)c2n1. The highest BCUT2D eigenvalue weighted by Crippen LogP contribution is 2.23. The maximum atomic E-state index is 12.9. The molecular formula is C15H20N4O3. The lowest BCUT2D eigenvalue weighted by Crippen LogP contribution is -2.37. The summed E-state index contributed by atoms with van der Waals surface area (Å²) in [5.74, 6) is -0.115. The molecule has 1 fully saturated rings. The molecule has 1 aliphatic rings. The fraction of sp³-hybridized carbons (Fsp3) is 0.533. The van der Waals surface area contributed by atoms with Gasteiger partial charge in [-0.15, -0.1) is 0 Å². The molecule has 1 N–H and O–H groups in total. The number of carbonyl (C=O) groups excluding carboxylic acids is 1. The average Bonchev–Trinajstić information content (AvgIpc) is 2.65. The standard InChI is InChI=1S/C15H20N4O3/c1-9-6-12(13-10(2)17-18(3)14(13)16-9)15(21)19-4-5-22-8-11(20)7-19/h6,11,20H,4-5,7-8H2,1-3H3/t11-/m1/s1. The Hall–Kier alpha value is -1.99. The number of aliphatic hydroxyl groups is 1. The molecule has 3 rings (SSSR count). The third-order valence-electron chi connectivity index (χ3n) is 3.86. The highest BCUT2D eigenvalue weighted by molar-refractivity contribution is 6.06. The summed E-state index contributed by atoms with van der Waals surface area (Å²) in [6.45, 7) is 5.18. The van der Waals surface area contributed by atoms with Crippen LogP contribution in [-0.4, -0.2) is 63.1 Å². The van der Waals surface area contributed by atoms with E-state index in [9.17, 15) is 9.90 Å². The Morgan fingerprint density at radius 3 is 3.00 bits per heavy atom. The van der Waals surface area contributed by atoms with Crippen LogP contribution in [0.4, 0.5) is 0 Å². The van der Waals surface area contributed by atoms with Gasteiger partial charge in [-0.2, -0.15) is 5.10 Å². The largest absolute Gasteiger partial charge is 0.389 e. The molecule has 7 nitrogen and oxygen atoms in total. The number of β-amino-alcohol motifs (C(OH)–C–C–N with tert-alkyl or cyclic N) is 1. The van der Waals surface area contributed by atoms with Crippen LogP contribution in [0.5, 0.6) is 0 Å². The van der Waals surface area contributed by atoms with Gasteiger partial charge in [0.15, 0.2) is 5.65 Å². The van der Waals surface area contributed by atoms with Gasteiger partial charge in [-0.1, -0.05) is 0 Å². The van der Waals surface area contributed by atoms with Gasteiger partial charge < -0.3 is 14.7 Å². The van der Waals surface area contributed by atoms with E-state index in [4.69, 9.17) is 4.74 Å². The van der Waals surface area contributed by atoms with Gasteiger partial charge in [0.2, 0.25) is 0 Å². The van der Waals surface area contributed by atoms with Gasteiger partial charge in [-0.05, 0) is 19.9 Å². The molecule has 1 aliphatic heterocycles. The zero-order valence-electron chi connectivity index (χ0n) is 13.0. The first kappa shape index (κ1) is 14.9. The number of fused-ring (bicyclic) bond motifs is 1. The van der Waals surface area contributed by atoms with E-state index in [1.807, 2.05) is 20.9 Å². The molecule has 2 aromatic rings. The van der Waals surface area contributed by atoms with Gasteiger partial charge in [-0.3, -0.25) is 9.48 Å². The molecule has 118 valence electrons. The molecular weight excluding hydrogens is 284 g/mol. The topological polar surface area (TPSA) is 80.5 Å². The van der Waals surface area contributed by atoms with Crippen molar-refractivity contribution in [3.8, 4) is 0 Å². The fourth-order valence-corrected chi connectivity index (χ4v) is 2.89. The third-order valence-corrected chi connectivity index (χ3v) is 3.86. The van der Waals surface area contributed by atoms with Crippen molar-refractivity contribution in [1.82, 2.24) is 19.7 Å². The van der Waals surface area contributed by atoms with Crippen molar-refractivity contribution in [2.24, 2.45) is 7.05 Å². The normalized spacial score (nSPS) is 19.5. The van der Waals surface area contributed by atoms with Crippen molar-refractivity contribution in [2.45, 2.75) is 20.0 Å². The molecule has 1 saturated heterocycles. The van der Waals surface area contributed by atoms with Gasteiger partial charge >= 0.3 is 0 Å². The number of aliphatic hydroxyl groups excluding tert-OH is 1. The molecule has 0 saturated carbocycles. The molecule has 0 aliphatic carbocycles. The van der Waals surface area contributed by atoms with Crippen LogP contribution in [0.25, 0.3) is 11.0 Å². The number of carbonyl (C=O) groups is 1. The van der Waals surface area contributed by atoms with E-state index in [0.29, 0.717) is 24.4 Å². The first-order valence-electron chi connectivity index (χ1n) is 7.33. The number of ether oxygens (including phenoxy) is 1. The highest BCUT2D eigenvalue weighted by atomic mass is 16.5. The summed E-state index contributed by atoms with van der Waals surface area (Å²) in [6, 6.07) is 1.79. The lowest BCUT2D eigenvalue weighted by Gasteiger charge is -2.22. The lowest BCUT2D eigenvalue weighted by atomic mass is 10.1. The molecule has 1 atom stereocenters. The minimum absolute atomic E-state index is 0.115. The Kier molecular flexibility index (Phi) is 3.84. The summed E-state index contributed by atoms with van der Waals surface area (Å²) in [5.41, 5.74) is 2.83. The molecule has 0 aromatic carbocycles. The predicted octanol–water partition coefficient (Wildman–Crippen LogP) is 0.418. The van der Waals surface area contributed by atoms with Crippen molar-refractivity contribution in [1.29, 1.82) is 0 Å². The molecule has 22 heavy (non-hydrogen) atoms. The van der Waals surface area contributed by atoms with Crippen LogP contribution in [0.3, 0.4) is 0 Å². The lowest BCUT2D eigenvalue weighted by molar-refractivity contribution is 0.0534. The van der Waals surface area contributed by atoms with E-state index < -0.39 is 6.10 Å². The number of rotatable bonds is 1. The Balaban J connectivity index is 2.07. The smallest absolute Gasteiger partial charge is 0.254 e. The van der Waals surface area contributed by atoms with Gasteiger partial charge in [0.25, 0.3) is 5.91 Å². The molecule has 7 heteroatoms. The quantitative estimate of drug-likeness (QED) is 0.826. The monoisotopic (exact) mass is 304 g/mol. The number of nitrogens with zero attached hydrogens (tertiary/aromatic N) is 4. The molecule has 0 bridgehead atoms. The third kappa shape index (κ3) is 2.57. The van der Waals surface area contributed by atoms with Crippen molar-refractivity contribution in [3.05, 3.63) is 23.0 Å². The van der Waals surface area contributed by atoms with Crippen LogP contribution in [0.2, 0.25) is 0 Å². The van der Waals surface area contributed by atoms with E-state index in [0.717, 1.165) is 16.8 Å². The molecule has 0 radical (unpaired) electrons. The van der Waals surface area contributed by atoms with Gasteiger partial charge in [0.05, 0.1) is 36.0 Å². The second-order valence-electron chi connectivity index (χ2n) is 5.70. The van der Waals surface area contributed by atoms with E-state index in [1.54, 1.807) is 15.6 Å². The van der Waals surface area contributed by atoms with E-state index in [-0.39, 0.29) is 19.1 Å². The van der Waals surface area contributed by atoms with Crippen molar-refractivity contribution in [3.63, 3.8) is 0 Å². The summed E-state index contributed by atoms with van der Waals surface area (Å²) in [6.07, 6.45) is -0.653. The Bertz CT molecular complexity index is 725. The molecule has 1 amide bonds. The van der Waals surface area contributed by atoms with Crippen LogP contribution >= 0.6 is 0 Å². The van der Waals surface area contributed by atoms with Crippen molar-refractivity contribution in [2.75, 3.05) is 26.3 Å². The fourth-order valence-electron chi connectivity index (χ4n) is 2.89. The number of aromatic nitrogens is 3. The number of hydrogen-bond acceptors (Lipinski definition) is 5. The maximum absolute atomic E-state index is 12.9. The van der Waals surface area contributed by atoms with Gasteiger partial charge in [-0.25, -0.2) is 4.98 Å². The zero-order valence-corrected chi connectivity index (χ0v) is 13.0. The number of aryl methyl sites for hydroxylation is 3. The second kappa shape index (κ2) is 5.66. The Morgan fingerprint density at radius 1 is 1.45 bits per heavy atom. The number of pyridine rings is 1. The van der Waals surface area contributed by atoms with Crippen LogP contribution in [-0.2, 0) is 11.8 Å². The molecule has 2 aromatic heterocycles. The summed E-state index contributed by atoms with van der Waals surface area (Å²) < 4.78 is 6.98. The van der Waals surface area contributed by atoms with E-state index in [1.165, 1.54) is 0 Å². The molecule has 0 unspecified atom stereocenters. The summed E-state index contributed by atoms with van der Waals surface area (Å²) in [5, 5.41) is 15.0.